The highest BCUT2D eigenvalue weighted by atomic mass is 79.9. The summed E-state index contributed by atoms with van der Waals surface area (Å²) < 4.78 is 0. The van der Waals surface area contributed by atoms with E-state index in [9.17, 15) is 0 Å². The monoisotopic (exact) mass is 414 g/mol. The van der Waals surface area contributed by atoms with Crippen molar-refractivity contribution in [2.45, 2.75) is 6.92 Å². The predicted molar refractivity (Wildman–Crippen MR) is 102 cm³/mol. The standard InChI is InChI=1S/C16H12Cl2N2S.BrH/c1-10-2-7-13(8-14(10)18)19-16-20-15(9-21-16)11-3-5-12(17)6-4-11;/h2-9H,1H3,(H,19,20);1H. The van der Waals surface area contributed by atoms with E-state index < -0.39 is 0 Å². The fourth-order valence-corrected chi connectivity index (χ4v) is 2.92. The van der Waals surface area contributed by atoms with Crippen LogP contribution in [-0.2, 0) is 0 Å². The summed E-state index contributed by atoms with van der Waals surface area (Å²) in [4.78, 5) is 4.58. The fourth-order valence-electron chi connectivity index (χ4n) is 1.88. The van der Waals surface area contributed by atoms with Crippen LogP contribution in [0.25, 0.3) is 11.3 Å². The minimum Gasteiger partial charge on any atom is -0.331 e. The van der Waals surface area contributed by atoms with Crippen molar-refractivity contribution in [3.05, 3.63) is 63.5 Å². The van der Waals surface area contributed by atoms with Crippen LogP contribution >= 0.6 is 51.5 Å². The Bertz CT molecular complexity index is 772. The van der Waals surface area contributed by atoms with Crippen LogP contribution in [0.15, 0.2) is 47.8 Å². The number of aryl methyl sites for hydroxylation is 1. The van der Waals surface area contributed by atoms with Crippen LogP contribution in [0.5, 0.6) is 0 Å². The number of aromatic nitrogens is 1. The van der Waals surface area contributed by atoms with Crippen molar-refractivity contribution in [1.29, 1.82) is 0 Å². The average molecular weight is 416 g/mol. The molecule has 0 saturated heterocycles. The molecule has 0 spiro atoms. The second-order valence-electron chi connectivity index (χ2n) is 4.63. The van der Waals surface area contributed by atoms with E-state index in [0.29, 0.717) is 0 Å². The first kappa shape index (κ1) is 17.3. The number of hydrogen-bond acceptors (Lipinski definition) is 3. The third kappa shape index (κ3) is 4.02. The minimum absolute atomic E-state index is 0. The van der Waals surface area contributed by atoms with Gasteiger partial charge < -0.3 is 5.32 Å². The van der Waals surface area contributed by atoms with E-state index in [1.54, 1.807) is 11.3 Å². The molecule has 0 fully saturated rings. The smallest absolute Gasteiger partial charge is 0.187 e. The summed E-state index contributed by atoms with van der Waals surface area (Å²) in [5.74, 6) is 0. The van der Waals surface area contributed by atoms with Crippen molar-refractivity contribution in [3.63, 3.8) is 0 Å². The average Bonchev–Trinajstić information content (AvgIpc) is 2.92. The highest BCUT2D eigenvalue weighted by Crippen LogP contribution is 2.29. The van der Waals surface area contributed by atoms with Gasteiger partial charge in [0.15, 0.2) is 5.13 Å². The van der Waals surface area contributed by atoms with E-state index in [-0.39, 0.29) is 17.0 Å². The van der Waals surface area contributed by atoms with Gasteiger partial charge in [0.1, 0.15) is 0 Å². The molecule has 0 bridgehead atoms. The van der Waals surface area contributed by atoms with E-state index in [2.05, 4.69) is 10.3 Å². The first-order valence-corrected chi connectivity index (χ1v) is 8.00. The number of benzene rings is 2. The minimum atomic E-state index is 0. The third-order valence-corrected chi connectivity index (χ3v) is 4.48. The van der Waals surface area contributed by atoms with E-state index in [1.807, 2.05) is 54.8 Å². The summed E-state index contributed by atoms with van der Waals surface area (Å²) in [6, 6.07) is 13.5. The Labute approximate surface area is 153 Å². The fraction of sp³-hybridized carbons (Fsp3) is 0.0625. The van der Waals surface area contributed by atoms with Crippen LogP contribution in [0.1, 0.15) is 5.56 Å². The number of hydrogen-bond donors (Lipinski definition) is 1. The largest absolute Gasteiger partial charge is 0.331 e. The number of nitrogens with one attached hydrogen (secondary N) is 1. The Kier molecular flexibility index (Phi) is 5.87. The van der Waals surface area contributed by atoms with Gasteiger partial charge in [-0.25, -0.2) is 4.98 Å². The van der Waals surface area contributed by atoms with Crippen molar-refractivity contribution in [2.24, 2.45) is 0 Å². The molecule has 2 nitrogen and oxygen atoms in total. The second kappa shape index (κ2) is 7.47. The van der Waals surface area contributed by atoms with Gasteiger partial charge in [0.2, 0.25) is 0 Å². The molecule has 0 aliphatic rings. The summed E-state index contributed by atoms with van der Waals surface area (Å²) >= 11 is 13.6. The van der Waals surface area contributed by atoms with E-state index in [4.69, 9.17) is 23.2 Å². The number of thiazole rings is 1. The summed E-state index contributed by atoms with van der Waals surface area (Å²) in [6.07, 6.45) is 0. The second-order valence-corrected chi connectivity index (χ2v) is 6.34. The van der Waals surface area contributed by atoms with Crippen molar-refractivity contribution in [2.75, 3.05) is 5.32 Å². The zero-order valence-corrected chi connectivity index (χ0v) is 15.7. The van der Waals surface area contributed by atoms with Gasteiger partial charge in [-0.05, 0) is 36.8 Å². The molecule has 1 heterocycles. The molecule has 0 amide bonds. The Morgan fingerprint density at radius 2 is 1.77 bits per heavy atom. The lowest BCUT2D eigenvalue weighted by Crippen LogP contribution is -1.90. The first-order valence-electron chi connectivity index (χ1n) is 6.36. The quantitative estimate of drug-likeness (QED) is 0.511. The molecule has 3 rings (SSSR count). The zero-order chi connectivity index (χ0) is 14.8. The van der Waals surface area contributed by atoms with Crippen molar-refractivity contribution >= 4 is 62.3 Å². The van der Waals surface area contributed by atoms with E-state index in [1.165, 1.54) is 0 Å². The van der Waals surface area contributed by atoms with Gasteiger partial charge in [0.05, 0.1) is 5.69 Å². The van der Waals surface area contributed by atoms with Crippen LogP contribution < -0.4 is 5.32 Å². The number of anilines is 2. The van der Waals surface area contributed by atoms with Gasteiger partial charge in [-0.3, -0.25) is 0 Å². The highest BCUT2D eigenvalue weighted by Gasteiger charge is 2.05. The molecule has 0 atom stereocenters. The van der Waals surface area contributed by atoms with Crippen LogP contribution in [0.2, 0.25) is 10.0 Å². The molecule has 0 unspecified atom stereocenters. The van der Waals surface area contributed by atoms with Gasteiger partial charge in [-0.2, -0.15) is 0 Å². The molecule has 22 heavy (non-hydrogen) atoms. The molecule has 1 N–H and O–H groups in total. The lowest BCUT2D eigenvalue weighted by atomic mass is 10.2. The number of rotatable bonds is 3. The molecular formula is C16H13BrCl2N2S. The Morgan fingerprint density at radius 3 is 2.45 bits per heavy atom. The molecule has 2 aromatic carbocycles. The maximum Gasteiger partial charge on any atom is 0.187 e. The summed E-state index contributed by atoms with van der Waals surface area (Å²) in [5, 5.41) is 7.59. The number of halogens is 3. The van der Waals surface area contributed by atoms with Crippen molar-refractivity contribution < 1.29 is 0 Å². The number of nitrogens with zero attached hydrogens (tertiary/aromatic N) is 1. The summed E-state index contributed by atoms with van der Waals surface area (Å²) in [7, 11) is 0. The van der Waals surface area contributed by atoms with Gasteiger partial charge >= 0.3 is 0 Å². The molecule has 0 aliphatic heterocycles. The SMILES string of the molecule is Br.Cc1ccc(Nc2nc(-c3ccc(Cl)cc3)cs2)cc1Cl. The molecule has 1 aromatic heterocycles. The zero-order valence-electron chi connectivity index (χ0n) is 11.6. The van der Waals surface area contributed by atoms with Gasteiger partial charge in [-0.15, -0.1) is 28.3 Å². The first-order chi connectivity index (χ1) is 10.1. The van der Waals surface area contributed by atoms with Crippen LogP contribution in [0.4, 0.5) is 10.8 Å². The van der Waals surface area contributed by atoms with Gasteiger partial charge in [0.25, 0.3) is 0 Å². The highest BCUT2D eigenvalue weighted by molar-refractivity contribution is 8.93. The molecule has 0 radical (unpaired) electrons. The normalized spacial score (nSPS) is 10.1. The van der Waals surface area contributed by atoms with Crippen molar-refractivity contribution in [3.8, 4) is 11.3 Å². The van der Waals surface area contributed by atoms with Gasteiger partial charge in [-0.1, -0.05) is 41.4 Å². The lowest BCUT2D eigenvalue weighted by molar-refractivity contribution is 1.38. The molecule has 0 aliphatic carbocycles. The maximum atomic E-state index is 6.13. The molecule has 114 valence electrons. The molecule has 0 saturated carbocycles. The Hall–Kier alpha value is -1.07. The summed E-state index contributed by atoms with van der Waals surface area (Å²) in [6.45, 7) is 1.98. The van der Waals surface area contributed by atoms with Crippen LogP contribution in [0.3, 0.4) is 0 Å². The Balaban J connectivity index is 0.00000176. The molecule has 3 aromatic rings. The lowest BCUT2D eigenvalue weighted by Gasteiger charge is -2.04. The topological polar surface area (TPSA) is 24.9 Å². The van der Waals surface area contributed by atoms with Crippen molar-refractivity contribution in [1.82, 2.24) is 4.98 Å². The van der Waals surface area contributed by atoms with Crippen LogP contribution in [-0.4, -0.2) is 4.98 Å². The van der Waals surface area contributed by atoms with Gasteiger partial charge in [0, 0.05) is 26.7 Å². The van der Waals surface area contributed by atoms with E-state index >= 15 is 0 Å². The predicted octanol–water partition coefficient (Wildman–Crippen LogP) is 6.75. The third-order valence-electron chi connectivity index (χ3n) is 3.07. The van der Waals surface area contributed by atoms with Crippen LogP contribution in [0, 0.1) is 6.92 Å². The molecule has 6 heteroatoms. The Morgan fingerprint density at radius 1 is 1.05 bits per heavy atom. The molecular weight excluding hydrogens is 403 g/mol. The van der Waals surface area contributed by atoms with E-state index in [0.717, 1.165) is 37.7 Å². The maximum absolute atomic E-state index is 6.13. The summed E-state index contributed by atoms with van der Waals surface area (Å²) in [5.41, 5.74) is 3.97.